The first-order valence-electron chi connectivity index (χ1n) is 8.17. The highest BCUT2D eigenvalue weighted by atomic mass is 32.1. The molecule has 2 heterocycles. The van der Waals surface area contributed by atoms with Crippen molar-refractivity contribution >= 4 is 16.3 Å². The summed E-state index contributed by atoms with van der Waals surface area (Å²) in [5.74, 6) is 2.33. The van der Waals surface area contributed by atoms with Gasteiger partial charge in [0.15, 0.2) is 5.82 Å². The lowest BCUT2D eigenvalue weighted by Gasteiger charge is -2.09. The van der Waals surface area contributed by atoms with E-state index in [1.54, 1.807) is 18.7 Å². The lowest BCUT2D eigenvalue weighted by atomic mass is 10.1. The Hall–Kier alpha value is -2.93. The third-order valence-electron chi connectivity index (χ3n) is 4.19. The van der Waals surface area contributed by atoms with Gasteiger partial charge in [0.1, 0.15) is 16.5 Å². The fraction of sp³-hybridized carbons (Fsp3) is 0.211. The maximum Gasteiger partial charge on any atom is 0.234 e. The normalized spacial score (nSPS) is 11.0. The molecule has 2 aromatic heterocycles. The minimum absolute atomic E-state index is 0.554. The first-order valence-corrected chi connectivity index (χ1v) is 8.98. The zero-order valence-corrected chi connectivity index (χ0v) is 15.6. The average molecular weight is 366 g/mol. The molecule has 0 aliphatic carbocycles. The van der Waals surface area contributed by atoms with Gasteiger partial charge in [-0.2, -0.15) is 9.61 Å². The molecule has 4 rings (SSSR count). The first kappa shape index (κ1) is 16.5. The predicted molar refractivity (Wildman–Crippen MR) is 101 cm³/mol. The Morgan fingerprint density at radius 1 is 1.00 bits per heavy atom. The van der Waals surface area contributed by atoms with Crippen LogP contribution in [0.4, 0.5) is 0 Å². The largest absolute Gasteiger partial charge is 0.497 e. The molecule has 0 unspecified atom stereocenters. The molecule has 6 nitrogen and oxygen atoms in total. The van der Waals surface area contributed by atoms with E-state index >= 15 is 0 Å². The van der Waals surface area contributed by atoms with Gasteiger partial charge in [0.05, 0.1) is 14.2 Å². The quantitative estimate of drug-likeness (QED) is 0.538. The Morgan fingerprint density at radius 3 is 2.54 bits per heavy atom. The maximum absolute atomic E-state index is 5.46. The lowest BCUT2D eigenvalue weighted by molar-refractivity contribution is 0.399. The van der Waals surface area contributed by atoms with E-state index in [0.717, 1.165) is 38.4 Å². The Labute approximate surface area is 155 Å². The van der Waals surface area contributed by atoms with Gasteiger partial charge in [-0.3, -0.25) is 0 Å². The minimum atomic E-state index is 0.554. The van der Waals surface area contributed by atoms with Crippen LogP contribution in [0.5, 0.6) is 11.5 Å². The second-order valence-corrected chi connectivity index (χ2v) is 6.89. The van der Waals surface area contributed by atoms with Gasteiger partial charge in [-0.05, 0) is 25.1 Å². The van der Waals surface area contributed by atoms with E-state index in [2.05, 4.69) is 41.4 Å². The monoisotopic (exact) mass is 366 g/mol. The molecule has 0 aliphatic rings. The van der Waals surface area contributed by atoms with Crippen molar-refractivity contribution < 1.29 is 9.47 Å². The van der Waals surface area contributed by atoms with Crippen LogP contribution in [0.15, 0.2) is 42.5 Å². The predicted octanol–water partition coefficient (Wildman–Crippen LogP) is 3.77. The van der Waals surface area contributed by atoms with Gasteiger partial charge in [-0.25, -0.2) is 0 Å². The molecule has 0 fully saturated rings. The number of aromatic nitrogens is 4. The molecule has 0 amide bonds. The molecular formula is C19H18N4O2S. The summed E-state index contributed by atoms with van der Waals surface area (Å²) in [5, 5.41) is 14.2. The van der Waals surface area contributed by atoms with Crippen LogP contribution < -0.4 is 9.47 Å². The Balaban J connectivity index is 1.71. The molecular weight excluding hydrogens is 348 g/mol. The minimum Gasteiger partial charge on any atom is -0.497 e. The molecule has 0 atom stereocenters. The molecule has 0 bridgehead atoms. The number of fused-ring (bicyclic) bond motifs is 1. The molecule has 0 saturated carbocycles. The number of nitrogens with zero attached hydrogens (tertiary/aromatic N) is 4. The zero-order valence-electron chi connectivity index (χ0n) is 14.8. The molecule has 0 N–H and O–H groups in total. The molecule has 0 aliphatic heterocycles. The fourth-order valence-electron chi connectivity index (χ4n) is 2.77. The third-order valence-corrected chi connectivity index (χ3v) is 5.14. The zero-order chi connectivity index (χ0) is 18.1. The Kier molecular flexibility index (Phi) is 4.30. The molecule has 0 radical (unpaired) electrons. The number of aryl methyl sites for hydroxylation is 1. The van der Waals surface area contributed by atoms with Crippen LogP contribution in [0.2, 0.25) is 0 Å². The van der Waals surface area contributed by atoms with Crippen LogP contribution in [0.1, 0.15) is 17.0 Å². The summed E-state index contributed by atoms with van der Waals surface area (Å²) in [6.07, 6.45) is 0.554. The fourth-order valence-corrected chi connectivity index (χ4v) is 3.63. The summed E-state index contributed by atoms with van der Waals surface area (Å²) in [6, 6.07) is 14.0. The summed E-state index contributed by atoms with van der Waals surface area (Å²) in [5.41, 5.74) is 3.28. The van der Waals surface area contributed by atoms with Crippen LogP contribution in [0, 0.1) is 6.92 Å². The molecule has 2 aromatic carbocycles. The van der Waals surface area contributed by atoms with E-state index in [4.69, 9.17) is 14.6 Å². The van der Waals surface area contributed by atoms with Crippen LogP contribution in [0.3, 0.4) is 0 Å². The van der Waals surface area contributed by atoms with Crippen molar-refractivity contribution in [1.82, 2.24) is 19.8 Å². The average Bonchev–Trinajstić information content (AvgIpc) is 3.24. The smallest absolute Gasteiger partial charge is 0.234 e. The Bertz CT molecular complexity index is 1050. The number of methoxy groups -OCH3 is 2. The van der Waals surface area contributed by atoms with Crippen LogP contribution in [-0.4, -0.2) is 34.0 Å². The van der Waals surface area contributed by atoms with Crippen molar-refractivity contribution in [3.63, 3.8) is 0 Å². The molecule has 132 valence electrons. The second kappa shape index (κ2) is 6.76. The summed E-state index contributed by atoms with van der Waals surface area (Å²) in [4.78, 5) is 0.775. The maximum atomic E-state index is 5.46. The van der Waals surface area contributed by atoms with Crippen molar-refractivity contribution in [3.8, 4) is 22.1 Å². The molecule has 4 aromatic rings. The van der Waals surface area contributed by atoms with Gasteiger partial charge in [0.25, 0.3) is 0 Å². The summed E-state index contributed by atoms with van der Waals surface area (Å²) in [7, 11) is 3.30. The van der Waals surface area contributed by atoms with Crippen LogP contribution >= 0.6 is 11.3 Å². The van der Waals surface area contributed by atoms with E-state index in [0.29, 0.717) is 6.42 Å². The van der Waals surface area contributed by atoms with Crippen molar-refractivity contribution in [1.29, 1.82) is 0 Å². The highest BCUT2D eigenvalue weighted by molar-refractivity contribution is 7.19. The van der Waals surface area contributed by atoms with E-state index in [1.807, 2.05) is 18.2 Å². The Morgan fingerprint density at radius 2 is 1.81 bits per heavy atom. The topological polar surface area (TPSA) is 61.5 Å². The standard InChI is InChI=1S/C19H18N4O2S/c1-12-4-6-13(7-5-12)18-22-23-17(20-21-19(23)26-18)11-14-10-15(24-2)8-9-16(14)25-3/h4-10H,11H2,1-3H3. The third kappa shape index (κ3) is 3.01. The highest BCUT2D eigenvalue weighted by Gasteiger charge is 2.15. The SMILES string of the molecule is COc1ccc(OC)c(Cc2nnc3sc(-c4ccc(C)cc4)nn23)c1. The summed E-state index contributed by atoms with van der Waals surface area (Å²) < 4.78 is 12.6. The number of benzene rings is 2. The lowest BCUT2D eigenvalue weighted by Crippen LogP contribution is -2.00. The van der Waals surface area contributed by atoms with Gasteiger partial charge < -0.3 is 9.47 Å². The van der Waals surface area contributed by atoms with Crippen LogP contribution in [0.25, 0.3) is 15.5 Å². The second-order valence-electron chi connectivity index (χ2n) is 5.94. The van der Waals surface area contributed by atoms with Gasteiger partial charge in [0, 0.05) is 17.5 Å². The van der Waals surface area contributed by atoms with Crippen molar-refractivity contribution in [2.24, 2.45) is 0 Å². The van der Waals surface area contributed by atoms with E-state index in [9.17, 15) is 0 Å². The molecule has 0 saturated heterocycles. The number of hydrogen-bond acceptors (Lipinski definition) is 6. The summed E-state index contributed by atoms with van der Waals surface area (Å²) >= 11 is 1.53. The molecule has 7 heteroatoms. The van der Waals surface area contributed by atoms with E-state index in [-0.39, 0.29) is 0 Å². The van der Waals surface area contributed by atoms with E-state index in [1.165, 1.54) is 16.9 Å². The number of rotatable bonds is 5. The number of ether oxygens (including phenoxy) is 2. The van der Waals surface area contributed by atoms with Gasteiger partial charge in [-0.15, -0.1) is 10.2 Å². The van der Waals surface area contributed by atoms with Gasteiger partial charge in [-0.1, -0.05) is 41.2 Å². The molecule has 26 heavy (non-hydrogen) atoms. The number of hydrogen-bond donors (Lipinski definition) is 0. The first-order chi connectivity index (χ1) is 12.7. The van der Waals surface area contributed by atoms with Crippen LogP contribution in [-0.2, 0) is 6.42 Å². The highest BCUT2D eigenvalue weighted by Crippen LogP contribution is 2.28. The van der Waals surface area contributed by atoms with Crippen molar-refractivity contribution in [3.05, 3.63) is 59.4 Å². The van der Waals surface area contributed by atoms with Crippen molar-refractivity contribution in [2.75, 3.05) is 14.2 Å². The summed E-state index contributed by atoms with van der Waals surface area (Å²) in [6.45, 7) is 2.07. The van der Waals surface area contributed by atoms with Crippen molar-refractivity contribution in [2.45, 2.75) is 13.3 Å². The van der Waals surface area contributed by atoms with Gasteiger partial charge >= 0.3 is 0 Å². The van der Waals surface area contributed by atoms with Gasteiger partial charge in [0.2, 0.25) is 4.96 Å². The van der Waals surface area contributed by atoms with E-state index < -0.39 is 0 Å². The molecule has 0 spiro atoms.